The second-order valence-electron chi connectivity index (χ2n) is 5.68. The van der Waals surface area contributed by atoms with Crippen LogP contribution in [0.3, 0.4) is 0 Å². The van der Waals surface area contributed by atoms with Gasteiger partial charge in [-0.05, 0) is 42.7 Å². The Morgan fingerprint density at radius 3 is 2.83 bits per heavy atom. The average molecular weight is 310 g/mol. The van der Waals surface area contributed by atoms with E-state index in [1.54, 1.807) is 0 Å². The van der Waals surface area contributed by atoms with Crippen molar-refractivity contribution in [2.75, 3.05) is 17.2 Å². The van der Waals surface area contributed by atoms with E-state index in [9.17, 15) is 9.59 Å². The van der Waals surface area contributed by atoms with Crippen LogP contribution in [0, 0.1) is 13.8 Å². The first-order chi connectivity index (χ1) is 11.0. The molecule has 0 fully saturated rings. The highest BCUT2D eigenvalue weighted by atomic mass is 16.5. The van der Waals surface area contributed by atoms with Crippen LogP contribution in [0.5, 0.6) is 5.75 Å². The molecule has 0 radical (unpaired) electrons. The van der Waals surface area contributed by atoms with Crippen LogP contribution < -0.4 is 15.4 Å². The highest BCUT2D eigenvalue weighted by Crippen LogP contribution is 2.37. The summed E-state index contributed by atoms with van der Waals surface area (Å²) in [5, 5.41) is 5.64. The minimum atomic E-state index is -0.194. The van der Waals surface area contributed by atoms with Gasteiger partial charge in [-0.3, -0.25) is 9.59 Å². The Morgan fingerprint density at radius 2 is 2.04 bits per heavy atom. The molecule has 0 aromatic heterocycles. The molecule has 5 heteroatoms. The van der Waals surface area contributed by atoms with E-state index in [0.717, 1.165) is 16.7 Å². The predicted octanol–water partition coefficient (Wildman–Crippen LogP) is 2.82. The Morgan fingerprint density at radius 1 is 1.26 bits per heavy atom. The van der Waals surface area contributed by atoms with Crippen LogP contribution in [-0.2, 0) is 16.0 Å². The van der Waals surface area contributed by atoms with Crippen molar-refractivity contribution in [1.29, 1.82) is 0 Å². The minimum Gasteiger partial charge on any atom is -0.479 e. The molecule has 2 amide bonds. The summed E-state index contributed by atoms with van der Waals surface area (Å²) < 4.78 is 5.47. The first kappa shape index (κ1) is 15.1. The van der Waals surface area contributed by atoms with Gasteiger partial charge in [0.15, 0.2) is 12.4 Å². The Labute approximate surface area is 134 Å². The molecule has 0 atom stereocenters. The van der Waals surface area contributed by atoms with Crippen molar-refractivity contribution in [2.45, 2.75) is 20.3 Å². The zero-order valence-corrected chi connectivity index (χ0v) is 13.1. The molecule has 1 aliphatic rings. The van der Waals surface area contributed by atoms with Crippen molar-refractivity contribution in [3.63, 3.8) is 0 Å². The number of fused-ring (bicyclic) bond motifs is 1. The maximum absolute atomic E-state index is 12.3. The van der Waals surface area contributed by atoms with Gasteiger partial charge >= 0.3 is 0 Å². The third-order valence-corrected chi connectivity index (χ3v) is 3.74. The molecular weight excluding hydrogens is 292 g/mol. The lowest BCUT2D eigenvalue weighted by Crippen LogP contribution is -2.26. The fraction of sp³-hybridized carbons (Fsp3) is 0.222. The second-order valence-corrected chi connectivity index (χ2v) is 5.68. The summed E-state index contributed by atoms with van der Waals surface area (Å²) in [4.78, 5) is 23.8. The molecule has 0 aliphatic carbocycles. The first-order valence-electron chi connectivity index (χ1n) is 7.44. The maximum atomic E-state index is 12.3. The van der Waals surface area contributed by atoms with Crippen LogP contribution in [0.25, 0.3) is 0 Å². The van der Waals surface area contributed by atoms with Crippen molar-refractivity contribution >= 4 is 23.2 Å². The molecule has 0 unspecified atom stereocenters. The number of benzene rings is 2. The molecule has 2 aromatic carbocycles. The monoisotopic (exact) mass is 310 g/mol. The Kier molecular flexibility index (Phi) is 4.02. The van der Waals surface area contributed by atoms with Crippen molar-refractivity contribution in [3.05, 3.63) is 53.1 Å². The molecule has 1 heterocycles. The average Bonchev–Trinajstić information content (AvgIpc) is 2.49. The number of hydrogen-bond donors (Lipinski definition) is 2. The van der Waals surface area contributed by atoms with Gasteiger partial charge in [0.25, 0.3) is 5.91 Å². The summed E-state index contributed by atoms with van der Waals surface area (Å²) in [7, 11) is 0. The summed E-state index contributed by atoms with van der Waals surface area (Å²) >= 11 is 0. The highest BCUT2D eigenvalue weighted by Gasteiger charge is 2.21. The molecule has 0 saturated heterocycles. The van der Waals surface area contributed by atoms with E-state index in [2.05, 4.69) is 10.6 Å². The van der Waals surface area contributed by atoms with Crippen molar-refractivity contribution < 1.29 is 14.3 Å². The van der Waals surface area contributed by atoms with E-state index in [1.165, 1.54) is 0 Å². The van der Waals surface area contributed by atoms with Crippen LogP contribution >= 0.6 is 0 Å². The fourth-order valence-corrected chi connectivity index (χ4v) is 2.61. The highest BCUT2D eigenvalue weighted by molar-refractivity contribution is 6.00. The standard InChI is InChI=1S/C18H18N2O3/c1-11-7-14(18-15(8-11)20-17(22)10-23-18)19-16(21)9-13-6-4-3-5-12(13)2/h3-8H,9-10H2,1-2H3,(H,19,21)(H,20,22). The largest absolute Gasteiger partial charge is 0.479 e. The normalized spacial score (nSPS) is 12.9. The van der Waals surface area contributed by atoms with Crippen molar-refractivity contribution in [3.8, 4) is 5.75 Å². The molecule has 23 heavy (non-hydrogen) atoms. The number of rotatable bonds is 3. The number of aryl methyl sites for hydroxylation is 2. The number of ether oxygens (including phenoxy) is 1. The molecule has 0 saturated carbocycles. The predicted molar refractivity (Wildman–Crippen MR) is 88.8 cm³/mol. The summed E-state index contributed by atoms with van der Waals surface area (Å²) in [6.45, 7) is 3.84. The Hall–Kier alpha value is -2.82. The molecule has 0 spiro atoms. The third-order valence-electron chi connectivity index (χ3n) is 3.74. The second kappa shape index (κ2) is 6.12. The molecule has 2 aromatic rings. The van der Waals surface area contributed by atoms with Gasteiger partial charge in [0, 0.05) is 0 Å². The minimum absolute atomic E-state index is 0.0449. The Bertz CT molecular complexity index is 784. The van der Waals surface area contributed by atoms with Gasteiger partial charge in [0.05, 0.1) is 17.8 Å². The number of hydrogen-bond acceptors (Lipinski definition) is 3. The van der Waals surface area contributed by atoms with Gasteiger partial charge in [-0.2, -0.15) is 0 Å². The number of amides is 2. The van der Waals surface area contributed by atoms with E-state index in [-0.39, 0.29) is 18.4 Å². The van der Waals surface area contributed by atoms with E-state index in [0.29, 0.717) is 23.5 Å². The molecule has 2 N–H and O–H groups in total. The van der Waals surface area contributed by atoms with Crippen LogP contribution in [0.2, 0.25) is 0 Å². The molecule has 0 bridgehead atoms. The topological polar surface area (TPSA) is 67.4 Å². The van der Waals surface area contributed by atoms with Gasteiger partial charge in [-0.15, -0.1) is 0 Å². The van der Waals surface area contributed by atoms with Crippen LogP contribution in [0.15, 0.2) is 36.4 Å². The van der Waals surface area contributed by atoms with Gasteiger partial charge in [-0.1, -0.05) is 24.3 Å². The van der Waals surface area contributed by atoms with Gasteiger partial charge in [0.2, 0.25) is 5.91 Å². The maximum Gasteiger partial charge on any atom is 0.262 e. The fourth-order valence-electron chi connectivity index (χ4n) is 2.61. The molecular formula is C18H18N2O3. The van der Waals surface area contributed by atoms with Crippen molar-refractivity contribution in [2.24, 2.45) is 0 Å². The SMILES string of the molecule is Cc1cc2c(c(NC(=O)Cc3ccccc3C)c1)OCC(=O)N2. The lowest BCUT2D eigenvalue weighted by atomic mass is 10.1. The number of carbonyl (C=O) groups is 2. The van der Waals surface area contributed by atoms with E-state index in [1.807, 2.05) is 50.2 Å². The van der Waals surface area contributed by atoms with Crippen LogP contribution in [-0.4, -0.2) is 18.4 Å². The quantitative estimate of drug-likeness (QED) is 0.916. The summed E-state index contributed by atoms with van der Waals surface area (Å²) in [5.41, 5.74) is 4.17. The van der Waals surface area contributed by atoms with Crippen molar-refractivity contribution in [1.82, 2.24) is 0 Å². The smallest absolute Gasteiger partial charge is 0.262 e. The van der Waals surface area contributed by atoms with Crippen LogP contribution in [0.4, 0.5) is 11.4 Å². The molecule has 1 aliphatic heterocycles. The zero-order chi connectivity index (χ0) is 16.4. The first-order valence-corrected chi connectivity index (χ1v) is 7.44. The number of nitrogens with one attached hydrogen (secondary N) is 2. The van der Waals surface area contributed by atoms with Gasteiger partial charge < -0.3 is 15.4 Å². The molecule has 3 rings (SSSR count). The third kappa shape index (κ3) is 3.34. The Balaban J connectivity index is 1.81. The summed E-state index contributed by atoms with van der Waals surface area (Å²) in [6, 6.07) is 11.5. The van der Waals surface area contributed by atoms with E-state index >= 15 is 0 Å². The zero-order valence-electron chi connectivity index (χ0n) is 13.1. The summed E-state index contributed by atoms with van der Waals surface area (Å²) in [6.07, 6.45) is 0.293. The molecule has 5 nitrogen and oxygen atoms in total. The van der Waals surface area contributed by atoms with Gasteiger partial charge in [0.1, 0.15) is 0 Å². The lowest BCUT2D eigenvalue weighted by molar-refractivity contribution is -0.118. The number of anilines is 2. The van der Waals surface area contributed by atoms with E-state index in [4.69, 9.17) is 4.74 Å². The van der Waals surface area contributed by atoms with E-state index < -0.39 is 0 Å². The molecule has 118 valence electrons. The number of carbonyl (C=O) groups excluding carboxylic acids is 2. The lowest BCUT2D eigenvalue weighted by Gasteiger charge is -2.21. The summed E-state index contributed by atoms with van der Waals surface area (Å²) in [5.74, 6) is 0.196. The van der Waals surface area contributed by atoms with Gasteiger partial charge in [-0.25, -0.2) is 0 Å². The van der Waals surface area contributed by atoms with Crippen LogP contribution in [0.1, 0.15) is 16.7 Å².